The van der Waals surface area contributed by atoms with Crippen molar-refractivity contribution in [1.29, 1.82) is 0 Å². The summed E-state index contributed by atoms with van der Waals surface area (Å²) in [5.41, 5.74) is 2.18. The van der Waals surface area contributed by atoms with Gasteiger partial charge in [-0.05, 0) is 48.9 Å². The molecule has 1 aliphatic rings. The van der Waals surface area contributed by atoms with Crippen LogP contribution < -0.4 is 10.6 Å². The lowest BCUT2D eigenvalue weighted by molar-refractivity contribution is -0.136. The molecule has 6 nitrogen and oxygen atoms in total. The average molecular weight is 385 g/mol. The fourth-order valence-electron chi connectivity index (χ4n) is 3.25. The summed E-state index contributed by atoms with van der Waals surface area (Å²) in [5.74, 6) is -0.370. The van der Waals surface area contributed by atoms with Crippen LogP contribution in [0.4, 0.5) is 11.4 Å². The molecule has 0 aliphatic carbocycles. The van der Waals surface area contributed by atoms with Gasteiger partial charge in [-0.3, -0.25) is 14.4 Å². The van der Waals surface area contributed by atoms with Gasteiger partial charge in [-0.25, -0.2) is 0 Å². The van der Waals surface area contributed by atoms with Crippen molar-refractivity contribution in [2.24, 2.45) is 0 Å². The van der Waals surface area contributed by atoms with Crippen LogP contribution in [0.15, 0.2) is 35.7 Å². The van der Waals surface area contributed by atoms with E-state index in [0.717, 1.165) is 16.9 Å². The Kier molecular flexibility index (Phi) is 5.91. The molecule has 0 radical (unpaired) electrons. The molecule has 7 heteroatoms. The number of amides is 3. The Labute approximate surface area is 162 Å². The molecule has 0 saturated carbocycles. The molecule has 0 spiro atoms. The zero-order chi connectivity index (χ0) is 19.4. The van der Waals surface area contributed by atoms with Crippen LogP contribution >= 0.6 is 11.3 Å². The Morgan fingerprint density at radius 1 is 1.22 bits per heavy atom. The summed E-state index contributed by atoms with van der Waals surface area (Å²) >= 11 is 1.55. The number of carbonyl (C=O) groups is 3. The highest BCUT2D eigenvalue weighted by molar-refractivity contribution is 7.10. The maximum Gasteiger partial charge on any atom is 0.247 e. The van der Waals surface area contributed by atoms with Crippen molar-refractivity contribution in [1.82, 2.24) is 4.90 Å². The molecule has 142 valence electrons. The second-order valence-corrected chi connectivity index (χ2v) is 7.73. The van der Waals surface area contributed by atoms with E-state index in [1.807, 2.05) is 30.5 Å². The molecule has 1 aliphatic heterocycles. The predicted molar refractivity (Wildman–Crippen MR) is 107 cm³/mol. The fraction of sp³-hybridized carbons (Fsp3) is 0.350. The second kappa shape index (κ2) is 8.35. The maximum atomic E-state index is 12.8. The number of anilines is 2. The monoisotopic (exact) mass is 385 g/mol. The first-order chi connectivity index (χ1) is 12.9. The number of hydrogen-bond donors (Lipinski definition) is 2. The number of aryl methyl sites for hydroxylation is 1. The lowest BCUT2D eigenvalue weighted by Gasteiger charge is -2.24. The number of nitrogens with zero attached hydrogens (tertiary/aromatic N) is 1. The number of hydrogen-bond acceptors (Lipinski definition) is 4. The summed E-state index contributed by atoms with van der Waals surface area (Å²) in [5, 5.41) is 7.59. The van der Waals surface area contributed by atoms with Crippen molar-refractivity contribution in [3.05, 3.63) is 46.2 Å². The predicted octanol–water partition coefficient (Wildman–Crippen LogP) is 3.19. The standard InChI is InChI=1S/C20H23N3O3S/c1-13-7-8-15(11-17(13)21-14(2)24)22-20(26)18-6-3-9-23(18)19(25)12-16-5-4-10-27-16/h4-5,7-8,10-11,18H,3,6,9,12H2,1-2H3,(H,21,24)(H,22,26). The highest BCUT2D eigenvalue weighted by Crippen LogP contribution is 2.24. The lowest BCUT2D eigenvalue weighted by Crippen LogP contribution is -2.43. The van der Waals surface area contributed by atoms with Gasteiger partial charge in [0, 0.05) is 29.7 Å². The van der Waals surface area contributed by atoms with E-state index >= 15 is 0 Å². The minimum atomic E-state index is -0.456. The summed E-state index contributed by atoms with van der Waals surface area (Å²) in [6, 6.07) is 8.78. The van der Waals surface area contributed by atoms with E-state index in [4.69, 9.17) is 0 Å². The van der Waals surface area contributed by atoms with Gasteiger partial charge in [0.1, 0.15) is 6.04 Å². The van der Waals surface area contributed by atoms with E-state index in [1.54, 1.807) is 28.4 Å². The van der Waals surface area contributed by atoms with E-state index in [9.17, 15) is 14.4 Å². The first-order valence-electron chi connectivity index (χ1n) is 8.95. The second-order valence-electron chi connectivity index (χ2n) is 6.70. The Hall–Kier alpha value is -2.67. The Balaban J connectivity index is 1.67. The van der Waals surface area contributed by atoms with E-state index in [1.165, 1.54) is 6.92 Å². The van der Waals surface area contributed by atoms with Crippen molar-refractivity contribution in [3.8, 4) is 0 Å². The van der Waals surface area contributed by atoms with Gasteiger partial charge >= 0.3 is 0 Å². The lowest BCUT2D eigenvalue weighted by atomic mass is 10.1. The third kappa shape index (κ3) is 4.74. The SMILES string of the molecule is CC(=O)Nc1cc(NC(=O)C2CCCN2C(=O)Cc2cccs2)ccc1C. The molecule has 3 rings (SSSR count). The molecule has 2 aromatic rings. The first kappa shape index (κ1) is 19.1. The summed E-state index contributed by atoms with van der Waals surface area (Å²) < 4.78 is 0. The van der Waals surface area contributed by atoms with Crippen molar-refractivity contribution in [2.75, 3.05) is 17.2 Å². The number of benzene rings is 1. The molecule has 0 bridgehead atoms. The highest BCUT2D eigenvalue weighted by atomic mass is 32.1. The van der Waals surface area contributed by atoms with Gasteiger partial charge in [0.25, 0.3) is 0 Å². The number of likely N-dealkylation sites (tertiary alicyclic amines) is 1. The molecular weight excluding hydrogens is 362 g/mol. The molecule has 1 atom stereocenters. The van der Waals surface area contributed by atoms with Crippen molar-refractivity contribution in [3.63, 3.8) is 0 Å². The normalized spacial score (nSPS) is 16.2. The minimum absolute atomic E-state index is 0.0158. The zero-order valence-electron chi connectivity index (χ0n) is 15.5. The van der Waals surface area contributed by atoms with Crippen molar-refractivity contribution < 1.29 is 14.4 Å². The van der Waals surface area contributed by atoms with Crippen LogP contribution in [-0.4, -0.2) is 35.2 Å². The van der Waals surface area contributed by atoms with Gasteiger partial charge in [0.2, 0.25) is 17.7 Å². The van der Waals surface area contributed by atoms with Crippen LogP contribution in [0.1, 0.15) is 30.2 Å². The molecule has 1 fully saturated rings. The number of rotatable bonds is 5. The Morgan fingerprint density at radius 2 is 2.04 bits per heavy atom. The van der Waals surface area contributed by atoms with Gasteiger partial charge in [0.05, 0.1) is 6.42 Å². The van der Waals surface area contributed by atoms with Crippen LogP contribution in [-0.2, 0) is 20.8 Å². The third-order valence-electron chi connectivity index (χ3n) is 4.60. The molecule has 27 heavy (non-hydrogen) atoms. The third-order valence-corrected chi connectivity index (χ3v) is 5.47. The summed E-state index contributed by atoms with van der Waals surface area (Å²) in [6.45, 7) is 3.94. The van der Waals surface area contributed by atoms with E-state index in [2.05, 4.69) is 10.6 Å². The van der Waals surface area contributed by atoms with Gasteiger partial charge in [0.15, 0.2) is 0 Å². The molecule has 2 N–H and O–H groups in total. The van der Waals surface area contributed by atoms with Gasteiger partial charge in [-0.1, -0.05) is 12.1 Å². The molecule has 3 amide bonds. The smallest absolute Gasteiger partial charge is 0.247 e. The van der Waals surface area contributed by atoms with Crippen LogP contribution in [0.3, 0.4) is 0 Å². The topological polar surface area (TPSA) is 78.5 Å². The average Bonchev–Trinajstić information content (AvgIpc) is 3.28. The minimum Gasteiger partial charge on any atom is -0.330 e. The first-order valence-corrected chi connectivity index (χ1v) is 9.83. The number of carbonyl (C=O) groups excluding carboxylic acids is 3. The highest BCUT2D eigenvalue weighted by Gasteiger charge is 2.34. The number of nitrogens with one attached hydrogen (secondary N) is 2. The quantitative estimate of drug-likeness (QED) is 0.830. The largest absolute Gasteiger partial charge is 0.330 e. The van der Waals surface area contributed by atoms with Gasteiger partial charge in [-0.15, -0.1) is 11.3 Å². The Bertz CT molecular complexity index is 848. The van der Waals surface area contributed by atoms with Crippen LogP contribution in [0.5, 0.6) is 0 Å². The van der Waals surface area contributed by atoms with E-state index in [0.29, 0.717) is 30.8 Å². The molecule has 2 heterocycles. The van der Waals surface area contributed by atoms with Crippen molar-refractivity contribution in [2.45, 2.75) is 39.2 Å². The molecular formula is C20H23N3O3S. The molecule has 1 saturated heterocycles. The van der Waals surface area contributed by atoms with Crippen LogP contribution in [0.2, 0.25) is 0 Å². The van der Waals surface area contributed by atoms with Crippen LogP contribution in [0, 0.1) is 6.92 Å². The zero-order valence-corrected chi connectivity index (χ0v) is 16.3. The van der Waals surface area contributed by atoms with Gasteiger partial charge in [-0.2, -0.15) is 0 Å². The summed E-state index contributed by atoms with van der Waals surface area (Å²) in [4.78, 5) is 39.4. The van der Waals surface area contributed by atoms with Gasteiger partial charge < -0.3 is 15.5 Å². The number of thiophene rings is 1. The van der Waals surface area contributed by atoms with E-state index in [-0.39, 0.29) is 17.7 Å². The molecule has 1 unspecified atom stereocenters. The van der Waals surface area contributed by atoms with E-state index < -0.39 is 6.04 Å². The molecule has 1 aromatic heterocycles. The maximum absolute atomic E-state index is 12.8. The summed E-state index contributed by atoms with van der Waals surface area (Å²) in [6.07, 6.45) is 1.81. The summed E-state index contributed by atoms with van der Waals surface area (Å²) in [7, 11) is 0. The molecule has 1 aromatic carbocycles. The fourth-order valence-corrected chi connectivity index (χ4v) is 3.95. The Morgan fingerprint density at radius 3 is 2.74 bits per heavy atom. The van der Waals surface area contributed by atoms with Crippen LogP contribution in [0.25, 0.3) is 0 Å². The van der Waals surface area contributed by atoms with Crippen molar-refractivity contribution >= 4 is 40.4 Å².